The lowest BCUT2D eigenvalue weighted by Gasteiger charge is -2.13. The number of carboxylic acid groups (broad SMARTS) is 1. The number of hydrogen-bond donors (Lipinski definition) is 1. The van der Waals surface area contributed by atoms with Crippen LogP contribution in [0.3, 0.4) is 0 Å². The van der Waals surface area contributed by atoms with Crippen LogP contribution in [0.25, 0.3) is 0 Å². The quantitative estimate of drug-likeness (QED) is 0.845. The number of aliphatic carboxylic acids is 1. The van der Waals surface area contributed by atoms with Gasteiger partial charge in [0.25, 0.3) is 0 Å². The van der Waals surface area contributed by atoms with Crippen molar-refractivity contribution >= 4 is 5.97 Å². The van der Waals surface area contributed by atoms with Gasteiger partial charge < -0.3 is 9.84 Å². The van der Waals surface area contributed by atoms with Crippen molar-refractivity contribution in [1.29, 1.82) is 0 Å². The lowest BCUT2D eigenvalue weighted by molar-refractivity contribution is -0.150. The molecule has 1 aromatic carbocycles. The van der Waals surface area contributed by atoms with Crippen LogP contribution in [0.1, 0.15) is 25.0 Å². The Morgan fingerprint density at radius 3 is 2.62 bits per heavy atom. The topological polar surface area (TPSA) is 46.5 Å². The third-order valence-corrected chi connectivity index (χ3v) is 1.96. The van der Waals surface area contributed by atoms with Crippen molar-refractivity contribution in [2.45, 2.75) is 19.4 Å². The van der Waals surface area contributed by atoms with Gasteiger partial charge in [-0.2, -0.15) is 0 Å². The van der Waals surface area contributed by atoms with Gasteiger partial charge in [-0.1, -0.05) is 13.0 Å². The van der Waals surface area contributed by atoms with Crippen molar-refractivity contribution in [3.05, 3.63) is 35.4 Å². The number of rotatable bonds is 5. The Morgan fingerprint density at radius 1 is 1.44 bits per heavy atom. The highest BCUT2D eigenvalue weighted by molar-refractivity contribution is 5.74. The maximum absolute atomic E-state index is 12.9. The molecule has 0 saturated carbocycles. The van der Waals surface area contributed by atoms with Gasteiger partial charge in [0, 0.05) is 6.61 Å². The minimum absolute atomic E-state index is 0.0971. The zero-order valence-corrected chi connectivity index (χ0v) is 8.74. The molecule has 0 aliphatic heterocycles. The highest BCUT2D eigenvalue weighted by atomic mass is 19.2. The van der Waals surface area contributed by atoms with Gasteiger partial charge in [-0.25, -0.2) is 13.6 Å². The summed E-state index contributed by atoms with van der Waals surface area (Å²) in [4.78, 5) is 10.9. The number of hydrogen-bond acceptors (Lipinski definition) is 2. The van der Waals surface area contributed by atoms with Crippen LogP contribution in [0.2, 0.25) is 0 Å². The van der Waals surface area contributed by atoms with Gasteiger partial charge >= 0.3 is 5.97 Å². The Kier molecular flexibility index (Phi) is 4.37. The van der Waals surface area contributed by atoms with Crippen molar-refractivity contribution in [2.75, 3.05) is 6.61 Å². The van der Waals surface area contributed by atoms with Crippen molar-refractivity contribution in [2.24, 2.45) is 0 Å². The Hall–Kier alpha value is -1.49. The van der Waals surface area contributed by atoms with E-state index in [1.54, 1.807) is 0 Å². The van der Waals surface area contributed by atoms with Gasteiger partial charge in [0.1, 0.15) is 0 Å². The van der Waals surface area contributed by atoms with Crippen LogP contribution in [-0.2, 0) is 9.53 Å². The second kappa shape index (κ2) is 5.55. The lowest BCUT2D eigenvalue weighted by Crippen LogP contribution is -2.16. The van der Waals surface area contributed by atoms with E-state index in [4.69, 9.17) is 9.84 Å². The fourth-order valence-corrected chi connectivity index (χ4v) is 1.22. The zero-order chi connectivity index (χ0) is 12.1. The van der Waals surface area contributed by atoms with Crippen LogP contribution in [-0.4, -0.2) is 17.7 Å². The van der Waals surface area contributed by atoms with Gasteiger partial charge in [-0.15, -0.1) is 0 Å². The lowest BCUT2D eigenvalue weighted by atomic mass is 10.1. The van der Waals surface area contributed by atoms with Crippen molar-refractivity contribution in [1.82, 2.24) is 0 Å². The molecule has 0 radical (unpaired) electrons. The third-order valence-electron chi connectivity index (χ3n) is 1.96. The Morgan fingerprint density at radius 2 is 2.12 bits per heavy atom. The largest absolute Gasteiger partial charge is 0.479 e. The first-order valence-corrected chi connectivity index (χ1v) is 4.85. The fraction of sp³-hybridized carbons (Fsp3) is 0.364. The van der Waals surface area contributed by atoms with Crippen LogP contribution in [0.4, 0.5) is 8.78 Å². The molecule has 1 atom stereocenters. The van der Waals surface area contributed by atoms with E-state index in [0.717, 1.165) is 12.1 Å². The van der Waals surface area contributed by atoms with Crippen LogP contribution < -0.4 is 0 Å². The van der Waals surface area contributed by atoms with E-state index in [1.165, 1.54) is 6.07 Å². The molecule has 0 aromatic heterocycles. The number of halogens is 2. The smallest absolute Gasteiger partial charge is 0.337 e. The van der Waals surface area contributed by atoms with Crippen molar-refractivity contribution < 1.29 is 23.4 Å². The normalized spacial score (nSPS) is 12.4. The molecule has 0 spiro atoms. The molecule has 16 heavy (non-hydrogen) atoms. The van der Waals surface area contributed by atoms with E-state index in [0.29, 0.717) is 6.42 Å². The molecular weight excluding hydrogens is 218 g/mol. The van der Waals surface area contributed by atoms with Crippen LogP contribution in [0, 0.1) is 11.6 Å². The standard InChI is InChI=1S/C11H12F2O3/c1-2-5-16-10(11(14)15)7-3-4-8(12)9(13)6-7/h3-4,6,10H,2,5H2,1H3,(H,14,15). The molecule has 0 amide bonds. The summed E-state index contributed by atoms with van der Waals surface area (Å²) in [5.74, 6) is -3.31. The summed E-state index contributed by atoms with van der Waals surface area (Å²) in [6.07, 6.45) is -0.608. The maximum Gasteiger partial charge on any atom is 0.337 e. The summed E-state index contributed by atoms with van der Waals surface area (Å²) >= 11 is 0. The van der Waals surface area contributed by atoms with Gasteiger partial charge in [-0.05, 0) is 24.1 Å². The van der Waals surface area contributed by atoms with Crippen molar-refractivity contribution in [3.63, 3.8) is 0 Å². The molecule has 88 valence electrons. The molecule has 0 saturated heterocycles. The molecule has 0 fully saturated rings. The summed E-state index contributed by atoms with van der Waals surface area (Å²) in [6.45, 7) is 2.07. The summed E-state index contributed by atoms with van der Waals surface area (Å²) in [7, 11) is 0. The summed E-state index contributed by atoms with van der Waals surface area (Å²) in [5, 5.41) is 8.87. The number of carbonyl (C=O) groups is 1. The number of carboxylic acids is 1. The number of ether oxygens (including phenoxy) is 1. The highest BCUT2D eigenvalue weighted by Gasteiger charge is 2.21. The molecule has 1 rings (SSSR count). The van der Waals surface area contributed by atoms with Crippen LogP contribution >= 0.6 is 0 Å². The molecule has 3 nitrogen and oxygen atoms in total. The van der Waals surface area contributed by atoms with Gasteiger partial charge in [0.05, 0.1) is 0 Å². The summed E-state index contributed by atoms with van der Waals surface area (Å²) in [5.41, 5.74) is 0.0971. The van der Waals surface area contributed by atoms with Crippen LogP contribution in [0.5, 0.6) is 0 Å². The second-order valence-electron chi connectivity index (χ2n) is 3.26. The van der Waals surface area contributed by atoms with E-state index in [2.05, 4.69) is 0 Å². The zero-order valence-electron chi connectivity index (χ0n) is 8.74. The molecule has 1 unspecified atom stereocenters. The maximum atomic E-state index is 12.9. The van der Waals surface area contributed by atoms with E-state index in [9.17, 15) is 13.6 Å². The average Bonchev–Trinajstić information content (AvgIpc) is 2.23. The minimum atomic E-state index is -1.25. The fourth-order valence-electron chi connectivity index (χ4n) is 1.22. The van der Waals surface area contributed by atoms with Gasteiger partial charge in [0.15, 0.2) is 17.7 Å². The minimum Gasteiger partial charge on any atom is -0.479 e. The molecule has 1 aromatic rings. The van der Waals surface area contributed by atoms with E-state index < -0.39 is 23.7 Å². The Balaban J connectivity index is 2.92. The predicted octanol–water partition coefficient (Wildman–Crippen LogP) is 2.52. The first-order valence-electron chi connectivity index (χ1n) is 4.85. The van der Waals surface area contributed by atoms with Gasteiger partial charge in [0.2, 0.25) is 0 Å². The van der Waals surface area contributed by atoms with E-state index in [1.807, 2.05) is 6.92 Å². The monoisotopic (exact) mass is 230 g/mol. The average molecular weight is 230 g/mol. The van der Waals surface area contributed by atoms with E-state index >= 15 is 0 Å². The van der Waals surface area contributed by atoms with E-state index in [-0.39, 0.29) is 12.2 Å². The molecule has 0 heterocycles. The van der Waals surface area contributed by atoms with Crippen LogP contribution in [0.15, 0.2) is 18.2 Å². The Labute approximate surface area is 91.7 Å². The number of benzene rings is 1. The SMILES string of the molecule is CCCOC(C(=O)O)c1ccc(F)c(F)c1. The molecule has 5 heteroatoms. The first kappa shape index (κ1) is 12.6. The second-order valence-corrected chi connectivity index (χ2v) is 3.26. The predicted molar refractivity (Wildman–Crippen MR) is 53.0 cm³/mol. The first-order chi connectivity index (χ1) is 7.56. The molecule has 1 N–H and O–H groups in total. The Bertz CT molecular complexity index is 379. The highest BCUT2D eigenvalue weighted by Crippen LogP contribution is 2.20. The molecule has 0 aliphatic carbocycles. The summed E-state index contributed by atoms with van der Waals surface area (Å²) < 4.78 is 30.6. The molecule has 0 aliphatic rings. The molecule has 0 bridgehead atoms. The molecular formula is C11H12F2O3. The van der Waals surface area contributed by atoms with Crippen molar-refractivity contribution in [3.8, 4) is 0 Å². The summed E-state index contributed by atoms with van der Waals surface area (Å²) in [6, 6.07) is 2.92. The van der Waals surface area contributed by atoms with Gasteiger partial charge in [-0.3, -0.25) is 0 Å². The third kappa shape index (κ3) is 3.00.